The van der Waals surface area contributed by atoms with Crippen molar-refractivity contribution in [2.45, 2.75) is 27.2 Å². The van der Waals surface area contributed by atoms with E-state index in [0.717, 1.165) is 19.5 Å². The molecule has 0 spiro atoms. The molecule has 7 nitrogen and oxygen atoms in total. The number of rotatable bonds is 7. The molecule has 0 saturated carbocycles. The summed E-state index contributed by atoms with van der Waals surface area (Å²) in [6, 6.07) is 1.85. The van der Waals surface area contributed by atoms with Gasteiger partial charge >= 0.3 is 0 Å². The van der Waals surface area contributed by atoms with E-state index >= 15 is 0 Å². The normalized spacial score (nSPS) is 10.9. The summed E-state index contributed by atoms with van der Waals surface area (Å²) in [5.74, 6) is 2.30. The third-order valence-electron chi connectivity index (χ3n) is 2.83. The standard InChI is InChI=1S/C14H23N7/c1-5-7-15-12-17-13(20(4)10-11(2)3)19-14(18-12)21-9-6-8-16-21/h6,8-9,11H,5,7,10H2,1-4H3,(H,15,17,18,19). The SMILES string of the molecule is CCCNc1nc(N(C)CC(C)C)nc(-n2cccn2)n1. The summed E-state index contributed by atoms with van der Waals surface area (Å²) in [5, 5.41) is 7.40. The Morgan fingerprint density at radius 1 is 1.29 bits per heavy atom. The zero-order valence-electron chi connectivity index (χ0n) is 13.1. The van der Waals surface area contributed by atoms with Crippen molar-refractivity contribution in [1.29, 1.82) is 0 Å². The Bertz CT molecular complexity index is 550. The van der Waals surface area contributed by atoms with Crippen molar-refractivity contribution in [3.63, 3.8) is 0 Å². The maximum Gasteiger partial charge on any atom is 0.257 e. The van der Waals surface area contributed by atoms with Gasteiger partial charge in [0.05, 0.1) is 0 Å². The Kier molecular flexibility index (Phi) is 5.08. The van der Waals surface area contributed by atoms with Crippen LogP contribution in [-0.4, -0.2) is 44.9 Å². The van der Waals surface area contributed by atoms with Crippen molar-refractivity contribution in [3.05, 3.63) is 18.5 Å². The molecule has 114 valence electrons. The summed E-state index contributed by atoms with van der Waals surface area (Å²) in [7, 11) is 1.99. The second kappa shape index (κ2) is 7.01. The fourth-order valence-electron chi connectivity index (χ4n) is 1.96. The van der Waals surface area contributed by atoms with Crippen LogP contribution in [-0.2, 0) is 0 Å². The van der Waals surface area contributed by atoms with E-state index in [-0.39, 0.29) is 0 Å². The maximum atomic E-state index is 4.50. The molecular formula is C14H23N7. The first-order valence-electron chi connectivity index (χ1n) is 7.31. The lowest BCUT2D eigenvalue weighted by molar-refractivity contribution is 0.627. The molecule has 0 radical (unpaired) electrons. The molecule has 0 atom stereocenters. The molecule has 0 aliphatic rings. The van der Waals surface area contributed by atoms with Gasteiger partial charge < -0.3 is 10.2 Å². The van der Waals surface area contributed by atoms with E-state index in [9.17, 15) is 0 Å². The van der Waals surface area contributed by atoms with Gasteiger partial charge in [-0.05, 0) is 18.4 Å². The highest BCUT2D eigenvalue weighted by Crippen LogP contribution is 2.13. The van der Waals surface area contributed by atoms with Gasteiger partial charge in [0, 0.05) is 32.5 Å². The lowest BCUT2D eigenvalue weighted by Crippen LogP contribution is -2.26. The molecule has 7 heteroatoms. The minimum Gasteiger partial charge on any atom is -0.354 e. The van der Waals surface area contributed by atoms with Crippen LogP contribution < -0.4 is 10.2 Å². The smallest absolute Gasteiger partial charge is 0.257 e. The molecule has 0 fully saturated rings. The minimum atomic E-state index is 0.527. The van der Waals surface area contributed by atoms with Crippen LogP contribution in [0.1, 0.15) is 27.2 Å². The van der Waals surface area contributed by atoms with Crippen LogP contribution >= 0.6 is 0 Å². The minimum absolute atomic E-state index is 0.527. The fraction of sp³-hybridized carbons (Fsp3) is 0.571. The molecule has 2 rings (SSSR count). The average molecular weight is 289 g/mol. The summed E-state index contributed by atoms with van der Waals surface area (Å²) in [6.07, 6.45) is 4.55. The number of nitrogens with one attached hydrogen (secondary N) is 1. The van der Waals surface area contributed by atoms with E-state index in [1.165, 1.54) is 0 Å². The lowest BCUT2D eigenvalue weighted by atomic mass is 10.2. The van der Waals surface area contributed by atoms with Crippen molar-refractivity contribution < 1.29 is 0 Å². The highest BCUT2D eigenvalue weighted by molar-refractivity contribution is 5.39. The summed E-state index contributed by atoms with van der Waals surface area (Å²) in [5.41, 5.74) is 0. The highest BCUT2D eigenvalue weighted by atomic mass is 15.4. The second-order valence-electron chi connectivity index (χ2n) is 5.41. The largest absolute Gasteiger partial charge is 0.354 e. The van der Waals surface area contributed by atoms with Crippen molar-refractivity contribution in [2.75, 3.05) is 30.4 Å². The van der Waals surface area contributed by atoms with Gasteiger partial charge in [-0.15, -0.1) is 0 Å². The second-order valence-corrected chi connectivity index (χ2v) is 5.41. The van der Waals surface area contributed by atoms with Gasteiger partial charge in [-0.3, -0.25) is 0 Å². The summed E-state index contributed by atoms with van der Waals surface area (Å²) in [6.45, 7) is 8.16. The first-order valence-corrected chi connectivity index (χ1v) is 7.31. The quantitative estimate of drug-likeness (QED) is 0.840. The van der Waals surface area contributed by atoms with Crippen LogP contribution in [0.5, 0.6) is 0 Å². The highest BCUT2D eigenvalue weighted by Gasteiger charge is 2.12. The predicted octanol–water partition coefficient (Wildman–Crippen LogP) is 1.97. The molecule has 0 unspecified atom stereocenters. The molecule has 2 heterocycles. The molecule has 0 aromatic carbocycles. The molecular weight excluding hydrogens is 266 g/mol. The summed E-state index contributed by atoms with van der Waals surface area (Å²) < 4.78 is 1.64. The first kappa shape index (κ1) is 15.2. The zero-order chi connectivity index (χ0) is 15.2. The molecule has 0 bridgehead atoms. The van der Waals surface area contributed by atoms with Gasteiger partial charge in [0.15, 0.2) is 0 Å². The van der Waals surface area contributed by atoms with E-state index in [0.29, 0.717) is 23.8 Å². The molecule has 21 heavy (non-hydrogen) atoms. The van der Waals surface area contributed by atoms with Crippen LogP contribution in [0.2, 0.25) is 0 Å². The Balaban J connectivity index is 2.32. The van der Waals surface area contributed by atoms with Gasteiger partial charge in [-0.2, -0.15) is 20.1 Å². The fourth-order valence-corrected chi connectivity index (χ4v) is 1.96. The molecule has 0 saturated heterocycles. The van der Waals surface area contributed by atoms with Crippen LogP contribution in [0.25, 0.3) is 5.95 Å². The Morgan fingerprint density at radius 2 is 2.10 bits per heavy atom. The summed E-state index contributed by atoms with van der Waals surface area (Å²) >= 11 is 0. The average Bonchev–Trinajstić information content (AvgIpc) is 2.98. The summed E-state index contributed by atoms with van der Waals surface area (Å²) in [4.78, 5) is 15.4. The van der Waals surface area contributed by atoms with E-state index < -0.39 is 0 Å². The first-order chi connectivity index (χ1) is 10.1. The van der Waals surface area contributed by atoms with Crippen LogP contribution in [0.15, 0.2) is 18.5 Å². The molecule has 0 amide bonds. The van der Waals surface area contributed by atoms with E-state index in [1.54, 1.807) is 10.9 Å². The number of hydrogen-bond donors (Lipinski definition) is 1. The lowest BCUT2D eigenvalue weighted by Gasteiger charge is -2.20. The van der Waals surface area contributed by atoms with Gasteiger partial charge in [0.2, 0.25) is 11.9 Å². The van der Waals surface area contributed by atoms with Gasteiger partial charge in [0.25, 0.3) is 5.95 Å². The van der Waals surface area contributed by atoms with Crippen molar-refractivity contribution >= 4 is 11.9 Å². The number of aromatic nitrogens is 5. The van der Waals surface area contributed by atoms with Gasteiger partial charge in [-0.25, -0.2) is 4.68 Å². The molecule has 2 aromatic heterocycles. The Morgan fingerprint density at radius 3 is 2.71 bits per heavy atom. The topological polar surface area (TPSA) is 71.8 Å². The molecule has 1 N–H and O–H groups in total. The monoisotopic (exact) mass is 289 g/mol. The number of hydrogen-bond acceptors (Lipinski definition) is 6. The predicted molar refractivity (Wildman–Crippen MR) is 83.8 cm³/mol. The van der Waals surface area contributed by atoms with Gasteiger partial charge in [-0.1, -0.05) is 20.8 Å². The molecule has 0 aliphatic heterocycles. The zero-order valence-corrected chi connectivity index (χ0v) is 13.1. The van der Waals surface area contributed by atoms with Crippen molar-refractivity contribution in [1.82, 2.24) is 24.7 Å². The maximum absolute atomic E-state index is 4.50. The van der Waals surface area contributed by atoms with Gasteiger partial charge in [0.1, 0.15) is 0 Å². The van der Waals surface area contributed by atoms with E-state index in [1.807, 2.05) is 24.2 Å². The van der Waals surface area contributed by atoms with E-state index in [2.05, 4.69) is 46.1 Å². The van der Waals surface area contributed by atoms with Crippen molar-refractivity contribution in [3.8, 4) is 5.95 Å². The molecule has 0 aliphatic carbocycles. The van der Waals surface area contributed by atoms with E-state index in [4.69, 9.17) is 0 Å². The molecule has 2 aromatic rings. The van der Waals surface area contributed by atoms with Crippen molar-refractivity contribution in [2.24, 2.45) is 5.92 Å². The Labute approximate surface area is 125 Å². The third-order valence-corrected chi connectivity index (χ3v) is 2.83. The van der Waals surface area contributed by atoms with Crippen LogP contribution in [0.3, 0.4) is 0 Å². The van der Waals surface area contributed by atoms with Crippen LogP contribution in [0.4, 0.5) is 11.9 Å². The van der Waals surface area contributed by atoms with Crippen LogP contribution in [0, 0.1) is 5.92 Å². The third kappa shape index (κ3) is 4.14. The number of anilines is 2. The number of nitrogens with zero attached hydrogens (tertiary/aromatic N) is 6. The Hall–Kier alpha value is -2.18.